The Balaban J connectivity index is 1.67. The summed E-state index contributed by atoms with van der Waals surface area (Å²) in [5.41, 5.74) is 2.54. The Morgan fingerprint density at radius 3 is 2.60 bits per heavy atom. The summed E-state index contributed by atoms with van der Waals surface area (Å²) in [5, 5.41) is 10.5. The van der Waals surface area contributed by atoms with Gasteiger partial charge < -0.3 is 20.4 Å². The SMILES string of the molecule is CC1=C(C(=O)Nc2ccccc2)[C@H](c2ccc(-c3ccc(Cl)cc3Cl)o2)NC(=S)N1. The van der Waals surface area contributed by atoms with E-state index >= 15 is 0 Å². The first kappa shape index (κ1) is 20.5. The third kappa shape index (κ3) is 4.21. The number of carbonyl (C=O) groups is 1. The maximum atomic E-state index is 13.1. The van der Waals surface area contributed by atoms with E-state index < -0.39 is 6.04 Å². The smallest absolute Gasteiger partial charge is 0.255 e. The van der Waals surface area contributed by atoms with Crippen molar-refractivity contribution >= 4 is 52.1 Å². The summed E-state index contributed by atoms with van der Waals surface area (Å²) >= 11 is 17.6. The maximum Gasteiger partial charge on any atom is 0.255 e. The average Bonchev–Trinajstić information content (AvgIpc) is 3.17. The average molecular weight is 458 g/mol. The number of hydrogen-bond acceptors (Lipinski definition) is 3. The molecule has 152 valence electrons. The van der Waals surface area contributed by atoms with Crippen molar-refractivity contribution < 1.29 is 9.21 Å². The number of furan rings is 1. The van der Waals surface area contributed by atoms with Gasteiger partial charge in [-0.05, 0) is 61.6 Å². The molecule has 1 aliphatic rings. The van der Waals surface area contributed by atoms with Crippen LogP contribution < -0.4 is 16.0 Å². The summed E-state index contributed by atoms with van der Waals surface area (Å²) in [6.07, 6.45) is 0. The standard InChI is InChI=1S/C22H17Cl2N3O2S/c1-12-19(21(28)26-14-5-3-2-4-6-14)20(27-22(30)25-12)18-10-9-17(29-18)15-8-7-13(23)11-16(15)24/h2-11,20H,1H3,(H,26,28)(H2,25,27,30)/t20-/m0/s1. The van der Waals surface area contributed by atoms with Crippen molar-refractivity contribution in [3.05, 3.63) is 87.7 Å². The van der Waals surface area contributed by atoms with Gasteiger partial charge in [-0.15, -0.1) is 0 Å². The van der Waals surface area contributed by atoms with Crippen molar-refractivity contribution in [3.63, 3.8) is 0 Å². The largest absolute Gasteiger partial charge is 0.458 e. The normalized spacial score (nSPS) is 16.1. The van der Waals surface area contributed by atoms with Crippen LogP contribution in [0.25, 0.3) is 11.3 Å². The number of rotatable bonds is 4. The van der Waals surface area contributed by atoms with E-state index in [-0.39, 0.29) is 5.91 Å². The number of nitrogens with one attached hydrogen (secondary N) is 3. The molecule has 0 bridgehead atoms. The number of amides is 1. The molecule has 0 fully saturated rings. The Morgan fingerprint density at radius 2 is 1.87 bits per heavy atom. The van der Waals surface area contributed by atoms with E-state index in [1.54, 1.807) is 37.3 Å². The Bertz CT molecular complexity index is 1160. The van der Waals surface area contributed by atoms with E-state index in [9.17, 15) is 4.79 Å². The summed E-state index contributed by atoms with van der Waals surface area (Å²) in [4.78, 5) is 13.1. The first-order valence-electron chi connectivity index (χ1n) is 9.12. The molecular weight excluding hydrogens is 441 g/mol. The molecule has 3 N–H and O–H groups in total. The van der Waals surface area contributed by atoms with E-state index in [1.165, 1.54) is 0 Å². The summed E-state index contributed by atoms with van der Waals surface area (Å²) in [6, 6.07) is 17.5. The molecule has 5 nitrogen and oxygen atoms in total. The predicted octanol–water partition coefficient (Wildman–Crippen LogP) is 5.68. The minimum absolute atomic E-state index is 0.256. The van der Waals surface area contributed by atoms with Crippen LogP contribution in [-0.2, 0) is 4.79 Å². The van der Waals surface area contributed by atoms with Crippen molar-refractivity contribution in [1.82, 2.24) is 10.6 Å². The third-order valence-electron chi connectivity index (χ3n) is 4.65. The zero-order valence-electron chi connectivity index (χ0n) is 15.8. The minimum atomic E-state index is -0.553. The van der Waals surface area contributed by atoms with Gasteiger partial charge in [-0.1, -0.05) is 41.4 Å². The quantitative estimate of drug-likeness (QED) is 0.439. The van der Waals surface area contributed by atoms with Gasteiger partial charge in [0.2, 0.25) is 0 Å². The highest BCUT2D eigenvalue weighted by Crippen LogP contribution is 2.35. The molecule has 0 saturated carbocycles. The molecule has 0 unspecified atom stereocenters. The van der Waals surface area contributed by atoms with E-state index in [1.807, 2.05) is 30.3 Å². The summed E-state index contributed by atoms with van der Waals surface area (Å²) in [6.45, 7) is 1.81. The molecule has 1 aromatic heterocycles. The van der Waals surface area contributed by atoms with Crippen LogP contribution in [0.2, 0.25) is 10.0 Å². The number of thiocarbonyl (C=S) groups is 1. The molecule has 1 amide bonds. The van der Waals surface area contributed by atoms with E-state index in [4.69, 9.17) is 39.8 Å². The number of carbonyl (C=O) groups excluding carboxylic acids is 1. The Hall–Kier alpha value is -2.80. The Morgan fingerprint density at radius 1 is 1.10 bits per heavy atom. The summed E-state index contributed by atoms with van der Waals surface area (Å²) in [5.74, 6) is 0.851. The van der Waals surface area contributed by atoms with Crippen LogP contribution in [-0.4, -0.2) is 11.0 Å². The lowest BCUT2D eigenvalue weighted by atomic mass is 10.00. The second-order valence-corrected chi connectivity index (χ2v) is 7.97. The second kappa shape index (κ2) is 8.52. The number of benzene rings is 2. The van der Waals surface area contributed by atoms with Crippen LogP contribution >= 0.6 is 35.4 Å². The Labute approximate surface area is 189 Å². The highest BCUT2D eigenvalue weighted by Gasteiger charge is 2.32. The molecule has 2 aromatic carbocycles. The van der Waals surface area contributed by atoms with E-state index in [0.29, 0.717) is 49.2 Å². The summed E-state index contributed by atoms with van der Waals surface area (Å²) in [7, 11) is 0. The molecule has 0 radical (unpaired) electrons. The maximum absolute atomic E-state index is 13.1. The zero-order chi connectivity index (χ0) is 21.3. The van der Waals surface area contributed by atoms with Gasteiger partial charge in [0.1, 0.15) is 17.6 Å². The third-order valence-corrected chi connectivity index (χ3v) is 5.42. The molecule has 0 spiro atoms. The van der Waals surface area contributed by atoms with Crippen molar-refractivity contribution in [2.24, 2.45) is 0 Å². The second-order valence-electron chi connectivity index (χ2n) is 6.72. The number of para-hydroxylation sites is 1. The van der Waals surface area contributed by atoms with Gasteiger partial charge in [-0.3, -0.25) is 4.79 Å². The molecule has 2 heterocycles. The fraction of sp³-hybridized carbons (Fsp3) is 0.0909. The summed E-state index contributed by atoms with van der Waals surface area (Å²) < 4.78 is 6.07. The highest BCUT2D eigenvalue weighted by atomic mass is 35.5. The molecule has 1 atom stereocenters. The van der Waals surface area contributed by atoms with Crippen LogP contribution in [0.3, 0.4) is 0 Å². The van der Waals surface area contributed by atoms with Gasteiger partial charge in [-0.2, -0.15) is 0 Å². The van der Waals surface area contributed by atoms with Crippen LogP contribution in [0, 0.1) is 0 Å². The lowest BCUT2D eigenvalue weighted by Crippen LogP contribution is -2.45. The molecule has 0 saturated heterocycles. The van der Waals surface area contributed by atoms with Gasteiger partial charge in [0, 0.05) is 22.0 Å². The van der Waals surface area contributed by atoms with Gasteiger partial charge >= 0.3 is 0 Å². The fourth-order valence-electron chi connectivity index (χ4n) is 3.27. The van der Waals surface area contributed by atoms with Gasteiger partial charge in [0.05, 0.1) is 10.6 Å². The molecule has 30 heavy (non-hydrogen) atoms. The van der Waals surface area contributed by atoms with Gasteiger partial charge in [0.25, 0.3) is 5.91 Å². The van der Waals surface area contributed by atoms with Crippen molar-refractivity contribution in [2.45, 2.75) is 13.0 Å². The van der Waals surface area contributed by atoms with Crippen molar-refractivity contribution in [3.8, 4) is 11.3 Å². The lowest BCUT2D eigenvalue weighted by Gasteiger charge is -2.28. The van der Waals surface area contributed by atoms with Crippen LogP contribution in [0.1, 0.15) is 18.7 Å². The number of allylic oxidation sites excluding steroid dienone is 1. The highest BCUT2D eigenvalue weighted by molar-refractivity contribution is 7.80. The molecule has 4 rings (SSSR count). The van der Waals surface area contributed by atoms with Crippen molar-refractivity contribution in [1.29, 1.82) is 0 Å². The lowest BCUT2D eigenvalue weighted by molar-refractivity contribution is -0.113. The van der Waals surface area contributed by atoms with Crippen molar-refractivity contribution in [2.75, 3.05) is 5.32 Å². The topological polar surface area (TPSA) is 66.3 Å². The van der Waals surface area contributed by atoms with Crippen LogP contribution in [0.4, 0.5) is 5.69 Å². The molecule has 1 aliphatic heterocycles. The molecular formula is C22H17Cl2N3O2S. The van der Waals surface area contributed by atoms with Gasteiger partial charge in [-0.25, -0.2) is 0 Å². The number of anilines is 1. The number of halogens is 2. The first-order valence-corrected chi connectivity index (χ1v) is 10.3. The minimum Gasteiger partial charge on any atom is -0.458 e. The first-order chi connectivity index (χ1) is 14.4. The Kier molecular flexibility index (Phi) is 5.81. The molecule has 3 aromatic rings. The number of hydrogen-bond donors (Lipinski definition) is 3. The van der Waals surface area contributed by atoms with Gasteiger partial charge in [0.15, 0.2) is 5.11 Å². The van der Waals surface area contributed by atoms with Crippen LogP contribution in [0.15, 0.2) is 76.4 Å². The monoisotopic (exact) mass is 457 g/mol. The van der Waals surface area contributed by atoms with E-state index in [0.717, 1.165) is 0 Å². The fourth-order valence-corrected chi connectivity index (χ4v) is 4.04. The predicted molar refractivity (Wildman–Crippen MR) is 124 cm³/mol. The van der Waals surface area contributed by atoms with Crippen LogP contribution in [0.5, 0.6) is 0 Å². The zero-order valence-corrected chi connectivity index (χ0v) is 18.2. The molecule has 0 aliphatic carbocycles. The van der Waals surface area contributed by atoms with E-state index in [2.05, 4.69) is 16.0 Å². The molecule has 8 heteroatoms.